The Morgan fingerprint density at radius 3 is 3.12 bits per heavy atom. The van der Waals surface area contributed by atoms with Crippen molar-refractivity contribution in [3.05, 3.63) is 29.6 Å². The molecule has 1 saturated carbocycles. The van der Waals surface area contributed by atoms with Crippen LogP contribution in [0.15, 0.2) is 18.2 Å². The average Bonchev–Trinajstić information content (AvgIpc) is 3.14. The van der Waals surface area contributed by atoms with Crippen LogP contribution in [0.1, 0.15) is 37.1 Å². The lowest BCUT2D eigenvalue weighted by atomic mass is 9.79. The third-order valence-corrected chi connectivity index (χ3v) is 6.00. The third-order valence-electron chi connectivity index (χ3n) is 6.00. The molecule has 130 valence electrons. The smallest absolute Gasteiger partial charge is 0.108 e. The summed E-state index contributed by atoms with van der Waals surface area (Å²) in [6, 6.07) is 6.66. The number of benzene rings is 1. The van der Waals surface area contributed by atoms with Crippen LogP contribution in [0.5, 0.6) is 0 Å². The minimum atomic E-state index is -0.187. The first-order chi connectivity index (χ1) is 11.6. The molecular formula is C19H27N3O2. The molecule has 4 rings (SSSR count). The van der Waals surface area contributed by atoms with E-state index >= 15 is 0 Å². The van der Waals surface area contributed by atoms with Gasteiger partial charge in [0.05, 0.1) is 22.7 Å². The Balaban J connectivity index is 1.46. The van der Waals surface area contributed by atoms with Gasteiger partial charge in [-0.05, 0) is 50.3 Å². The van der Waals surface area contributed by atoms with Crippen LogP contribution in [-0.2, 0) is 11.2 Å². The first-order valence-electron chi connectivity index (χ1n) is 9.02. The summed E-state index contributed by atoms with van der Waals surface area (Å²) >= 11 is 0. The normalized spacial score (nSPS) is 30.8. The first kappa shape index (κ1) is 16.1. The summed E-state index contributed by atoms with van der Waals surface area (Å²) in [5.74, 6) is 1.04. The molecule has 1 aromatic heterocycles. The molecule has 0 spiro atoms. The maximum Gasteiger partial charge on any atom is 0.108 e. The Hall–Kier alpha value is -1.43. The van der Waals surface area contributed by atoms with Crippen molar-refractivity contribution in [1.29, 1.82) is 0 Å². The zero-order valence-corrected chi connectivity index (χ0v) is 14.6. The van der Waals surface area contributed by atoms with Crippen LogP contribution in [0.25, 0.3) is 11.0 Å². The maximum atomic E-state index is 10.1. The van der Waals surface area contributed by atoms with Gasteiger partial charge in [0.25, 0.3) is 0 Å². The van der Waals surface area contributed by atoms with E-state index in [2.05, 4.69) is 35.0 Å². The number of hydrogen-bond acceptors (Lipinski definition) is 4. The number of rotatable bonds is 4. The van der Waals surface area contributed by atoms with Crippen molar-refractivity contribution >= 4 is 11.0 Å². The van der Waals surface area contributed by atoms with Gasteiger partial charge in [-0.15, -0.1) is 0 Å². The van der Waals surface area contributed by atoms with Crippen LogP contribution in [0.2, 0.25) is 0 Å². The van der Waals surface area contributed by atoms with Gasteiger partial charge in [-0.1, -0.05) is 6.07 Å². The summed E-state index contributed by atoms with van der Waals surface area (Å²) in [5.41, 5.74) is 3.35. The molecule has 1 saturated heterocycles. The number of likely N-dealkylation sites (tertiary alicyclic amines) is 1. The van der Waals surface area contributed by atoms with Gasteiger partial charge in [-0.3, -0.25) is 4.90 Å². The molecule has 2 fully saturated rings. The van der Waals surface area contributed by atoms with E-state index in [1.807, 2.05) is 7.11 Å². The fourth-order valence-corrected chi connectivity index (χ4v) is 4.58. The molecule has 3 atom stereocenters. The maximum absolute atomic E-state index is 10.1. The number of aryl methyl sites for hydroxylation is 1. The van der Waals surface area contributed by atoms with Crippen LogP contribution in [0, 0.1) is 6.92 Å². The number of H-pyrrole nitrogens is 1. The number of imidazole rings is 1. The van der Waals surface area contributed by atoms with Gasteiger partial charge in [0.2, 0.25) is 0 Å². The van der Waals surface area contributed by atoms with Crippen LogP contribution in [0.4, 0.5) is 0 Å². The van der Waals surface area contributed by atoms with E-state index in [0.29, 0.717) is 6.04 Å². The summed E-state index contributed by atoms with van der Waals surface area (Å²) in [5, 5.41) is 10.1. The SMILES string of the molecule is CO[C@@]12CC[C@@H](O)C[C@@H]1N(CCc1nc3ccc(C)cc3[nH]1)CC2. The molecule has 0 bridgehead atoms. The van der Waals surface area contributed by atoms with E-state index in [1.165, 1.54) is 5.56 Å². The van der Waals surface area contributed by atoms with E-state index in [1.54, 1.807) is 0 Å². The van der Waals surface area contributed by atoms with Crippen molar-refractivity contribution in [2.24, 2.45) is 0 Å². The third kappa shape index (κ3) is 2.75. The molecule has 5 nitrogen and oxygen atoms in total. The molecule has 0 amide bonds. The van der Waals surface area contributed by atoms with Gasteiger partial charge in [-0.2, -0.15) is 0 Å². The topological polar surface area (TPSA) is 61.4 Å². The number of nitrogens with zero attached hydrogens (tertiary/aromatic N) is 2. The summed E-state index contributed by atoms with van der Waals surface area (Å²) in [4.78, 5) is 10.6. The molecule has 5 heteroatoms. The lowest BCUT2D eigenvalue weighted by Gasteiger charge is -2.42. The van der Waals surface area contributed by atoms with E-state index in [0.717, 1.165) is 62.1 Å². The monoisotopic (exact) mass is 329 g/mol. The van der Waals surface area contributed by atoms with Gasteiger partial charge >= 0.3 is 0 Å². The van der Waals surface area contributed by atoms with Gasteiger partial charge in [0.15, 0.2) is 0 Å². The number of methoxy groups -OCH3 is 1. The number of aromatic nitrogens is 2. The van der Waals surface area contributed by atoms with Crippen molar-refractivity contribution in [1.82, 2.24) is 14.9 Å². The van der Waals surface area contributed by atoms with Crippen LogP contribution < -0.4 is 0 Å². The highest BCUT2D eigenvalue weighted by molar-refractivity contribution is 5.75. The van der Waals surface area contributed by atoms with Crippen molar-refractivity contribution in [2.45, 2.75) is 56.8 Å². The number of hydrogen-bond donors (Lipinski definition) is 2. The highest BCUT2D eigenvalue weighted by Gasteiger charge is 2.50. The summed E-state index contributed by atoms with van der Waals surface area (Å²) in [6.45, 7) is 4.11. The molecule has 2 heterocycles. The first-order valence-corrected chi connectivity index (χ1v) is 9.02. The van der Waals surface area contributed by atoms with Crippen molar-refractivity contribution < 1.29 is 9.84 Å². The zero-order chi connectivity index (χ0) is 16.7. The molecule has 0 radical (unpaired) electrons. The predicted octanol–water partition coefficient (Wildman–Crippen LogP) is 2.42. The second-order valence-electron chi connectivity index (χ2n) is 7.45. The number of ether oxygens (including phenoxy) is 1. The Kier molecular flexibility index (Phi) is 4.11. The molecule has 2 N–H and O–H groups in total. The number of aliphatic hydroxyl groups is 1. The van der Waals surface area contributed by atoms with Gasteiger partial charge < -0.3 is 14.8 Å². The average molecular weight is 329 g/mol. The van der Waals surface area contributed by atoms with E-state index in [4.69, 9.17) is 9.72 Å². The van der Waals surface area contributed by atoms with Gasteiger partial charge in [-0.25, -0.2) is 4.98 Å². The van der Waals surface area contributed by atoms with Gasteiger partial charge in [0, 0.05) is 32.7 Å². The Labute approximate surface area is 143 Å². The van der Waals surface area contributed by atoms with E-state index in [-0.39, 0.29) is 11.7 Å². The van der Waals surface area contributed by atoms with Gasteiger partial charge in [0.1, 0.15) is 5.82 Å². The molecule has 2 aromatic rings. The second kappa shape index (κ2) is 6.14. The molecule has 1 aliphatic heterocycles. The molecule has 0 unspecified atom stereocenters. The molecule has 24 heavy (non-hydrogen) atoms. The lowest BCUT2D eigenvalue weighted by Crippen LogP contribution is -2.51. The largest absolute Gasteiger partial charge is 0.393 e. The van der Waals surface area contributed by atoms with Crippen molar-refractivity contribution in [3.63, 3.8) is 0 Å². The molecular weight excluding hydrogens is 302 g/mol. The fraction of sp³-hybridized carbons (Fsp3) is 0.632. The highest BCUT2D eigenvalue weighted by atomic mass is 16.5. The number of nitrogens with one attached hydrogen (secondary N) is 1. The van der Waals surface area contributed by atoms with Crippen LogP contribution >= 0.6 is 0 Å². The van der Waals surface area contributed by atoms with Crippen molar-refractivity contribution in [2.75, 3.05) is 20.2 Å². The summed E-state index contributed by atoms with van der Waals surface area (Å²) in [7, 11) is 1.83. The summed E-state index contributed by atoms with van der Waals surface area (Å²) in [6.07, 6.45) is 4.44. The standard InChI is InChI=1S/C19H27N3O2/c1-13-3-4-15-16(11-13)21-18(20-15)6-9-22-10-8-19(24-2)7-5-14(23)12-17(19)22/h3-4,11,14,17,23H,5-10,12H2,1-2H3,(H,20,21)/t14-,17+,19-/m1/s1. The second-order valence-corrected chi connectivity index (χ2v) is 7.45. The highest BCUT2D eigenvalue weighted by Crippen LogP contribution is 2.42. The Morgan fingerprint density at radius 2 is 2.29 bits per heavy atom. The molecule has 1 aliphatic carbocycles. The predicted molar refractivity (Wildman–Crippen MR) is 94.1 cm³/mol. The Morgan fingerprint density at radius 1 is 1.42 bits per heavy atom. The number of aromatic amines is 1. The fourth-order valence-electron chi connectivity index (χ4n) is 4.58. The summed E-state index contributed by atoms with van der Waals surface area (Å²) < 4.78 is 5.92. The van der Waals surface area contributed by atoms with Crippen LogP contribution in [-0.4, -0.2) is 57.9 Å². The number of aliphatic hydroxyl groups excluding tert-OH is 1. The minimum Gasteiger partial charge on any atom is -0.393 e. The molecule has 2 aliphatic rings. The minimum absolute atomic E-state index is 0.0514. The zero-order valence-electron chi connectivity index (χ0n) is 14.6. The van der Waals surface area contributed by atoms with E-state index < -0.39 is 0 Å². The quantitative estimate of drug-likeness (QED) is 0.904. The lowest BCUT2D eigenvalue weighted by molar-refractivity contribution is -0.0867. The van der Waals surface area contributed by atoms with E-state index in [9.17, 15) is 5.11 Å². The Bertz CT molecular complexity index is 728. The van der Waals surface area contributed by atoms with Crippen molar-refractivity contribution in [3.8, 4) is 0 Å². The van der Waals surface area contributed by atoms with Crippen LogP contribution in [0.3, 0.4) is 0 Å². The number of fused-ring (bicyclic) bond motifs is 2. The molecule has 1 aromatic carbocycles.